The van der Waals surface area contributed by atoms with Gasteiger partial charge in [0.05, 0.1) is 11.4 Å². The number of fused-ring (bicyclic) bond motifs is 2. The number of nitrogens with zero attached hydrogens (tertiary/aromatic N) is 2. The third-order valence-electron chi connectivity index (χ3n) is 8.03. The maximum Gasteiger partial charge on any atom is 0.339 e. The van der Waals surface area contributed by atoms with Crippen LogP contribution >= 0.6 is 0 Å². The van der Waals surface area contributed by atoms with Gasteiger partial charge in [-0.3, -0.25) is 29.5 Å². The highest BCUT2D eigenvalue weighted by molar-refractivity contribution is 7.86. The molecule has 6 rings (SSSR count). The normalized spacial score (nSPS) is 15.7. The zero-order valence-corrected chi connectivity index (χ0v) is 28.8. The number of hydrazone groups is 2. The predicted molar refractivity (Wildman–Crippen MR) is 196 cm³/mol. The van der Waals surface area contributed by atoms with Gasteiger partial charge in [0, 0.05) is 11.1 Å². The molecule has 0 radical (unpaired) electrons. The van der Waals surface area contributed by atoms with E-state index in [-0.39, 0.29) is 33.9 Å². The lowest BCUT2D eigenvalue weighted by atomic mass is 9.89. The van der Waals surface area contributed by atoms with Crippen LogP contribution in [0.1, 0.15) is 33.4 Å². The molecule has 0 heterocycles. The number of benzene rings is 4. The van der Waals surface area contributed by atoms with E-state index in [0.29, 0.717) is 22.3 Å². The van der Waals surface area contributed by atoms with Crippen LogP contribution in [0.3, 0.4) is 0 Å². The summed E-state index contributed by atoms with van der Waals surface area (Å²) in [4.78, 5) is 47.8. The van der Waals surface area contributed by atoms with Gasteiger partial charge < -0.3 is 10.2 Å². The SMILES string of the molecule is O=C(O)C1=Cc2ccccc2C(=NNc2ccc(C=Cc3ccc(NN=C4C(=O)C(C(=O)O)=Cc5ccccc54)cc3S(=O)(=O)O)c(S(=O)(=O)O)c2)C1=O. The molecule has 18 heteroatoms. The number of carbonyl (C=O) groups is 4. The number of carboxylic acids is 2. The monoisotopic (exact) mass is 768 g/mol. The summed E-state index contributed by atoms with van der Waals surface area (Å²) >= 11 is 0. The van der Waals surface area contributed by atoms with Crippen LogP contribution in [0.2, 0.25) is 0 Å². The lowest BCUT2D eigenvalue weighted by Gasteiger charge is -2.16. The second kappa shape index (κ2) is 14.3. The summed E-state index contributed by atoms with van der Waals surface area (Å²) in [6.07, 6.45) is 4.69. The van der Waals surface area contributed by atoms with E-state index in [0.717, 1.165) is 24.3 Å². The molecular weight excluding hydrogens is 745 g/mol. The number of hydrogen-bond donors (Lipinski definition) is 6. The van der Waals surface area contributed by atoms with Crippen LogP contribution in [-0.2, 0) is 39.4 Å². The van der Waals surface area contributed by atoms with Gasteiger partial charge in [-0.25, -0.2) is 9.59 Å². The number of nitrogens with one attached hydrogen (secondary N) is 2. The van der Waals surface area contributed by atoms with Crippen molar-refractivity contribution in [3.05, 3.63) is 129 Å². The molecule has 0 saturated heterocycles. The van der Waals surface area contributed by atoms with Crippen molar-refractivity contribution in [2.45, 2.75) is 9.79 Å². The molecule has 2 aliphatic carbocycles. The van der Waals surface area contributed by atoms with E-state index in [1.54, 1.807) is 48.5 Å². The molecule has 54 heavy (non-hydrogen) atoms. The quantitative estimate of drug-likeness (QED) is 0.0575. The molecule has 6 N–H and O–H groups in total. The summed E-state index contributed by atoms with van der Waals surface area (Å²) in [6.45, 7) is 0. The van der Waals surface area contributed by atoms with Crippen LogP contribution in [0.25, 0.3) is 24.3 Å². The van der Waals surface area contributed by atoms with Gasteiger partial charge in [-0.2, -0.15) is 27.0 Å². The Hall–Kier alpha value is -6.86. The van der Waals surface area contributed by atoms with Crippen molar-refractivity contribution in [1.29, 1.82) is 0 Å². The molecule has 0 amide bonds. The fourth-order valence-electron chi connectivity index (χ4n) is 5.51. The average Bonchev–Trinajstić information content (AvgIpc) is 3.12. The third kappa shape index (κ3) is 7.52. The first-order valence-corrected chi connectivity index (χ1v) is 18.2. The molecule has 0 saturated carbocycles. The van der Waals surface area contributed by atoms with E-state index in [9.17, 15) is 55.3 Å². The van der Waals surface area contributed by atoms with Crippen LogP contribution in [0.15, 0.2) is 116 Å². The lowest BCUT2D eigenvalue weighted by Crippen LogP contribution is -2.27. The molecule has 0 spiro atoms. The molecule has 4 aromatic carbocycles. The van der Waals surface area contributed by atoms with Crippen LogP contribution in [-0.4, -0.2) is 71.1 Å². The van der Waals surface area contributed by atoms with E-state index >= 15 is 0 Å². The van der Waals surface area contributed by atoms with E-state index in [4.69, 9.17) is 0 Å². The topological polar surface area (TPSA) is 266 Å². The van der Waals surface area contributed by atoms with Crippen molar-refractivity contribution < 1.29 is 55.3 Å². The first-order valence-electron chi connectivity index (χ1n) is 15.3. The van der Waals surface area contributed by atoms with Crippen LogP contribution in [0.4, 0.5) is 11.4 Å². The lowest BCUT2D eigenvalue weighted by molar-refractivity contribution is -0.135. The van der Waals surface area contributed by atoms with Crippen molar-refractivity contribution in [3.8, 4) is 0 Å². The summed E-state index contributed by atoms with van der Waals surface area (Å²) in [5, 5.41) is 27.0. The van der Waals surface area contributed by atoms with Gasteiger partial charge in [0.15, 0.2) is 0 Å². The Kier molecular flexibility index (Phi) is 9.76. The molecule has 272 valence electrons. The van der Waals surface area contributed by atoms with Crippen LogP contribution in [0, 0.1) is 0 Å². The highest BCUT2D eigenvalue weighted by Crippen LogP contribution is 2.28. The molecule has 0 unspecified atom stereocenters. The second-order valence-electron chi connectivity index (χ2n) is 11.5. The Bertz CT molecular complexity index is 2530. The van der Waals surface area contributed by atoms with Gasteiger partial charge >= 0.3 is 11.9 Å². The molecular formula is C36H24N4O12S2. The molecule has 0 fully saturated rings. The molecule has 0 aromatic heterocycles. The summed E-state index contributed by atoms with van der Waals surface area (Å²) in [5.74, 6) is -4.74. The van der Waals surface area contributed by atoms with Gasteiger partial charge in [0.2, 0.25) is 11.6 Å². The minimum absolute atomic E-state index is 0.0373. The molecule has 0 aliphatic heterocycles. The number of hydrogen-bond acceptors (Lipinski definition) is 12. The minimum atomic E-state index is -4.94. The Morgan fingerprint density at radius 2 is 0.944 bits per heavy atom. The summed E-state index contributed by atoms with van der Waals surface area (Å²) in [5.41, 5.74) is 4.52. The fraction of sp³-hybridized carbons (Fsp3) is 0. The largest absolute Gasteiger partial charge is 0.478 e. The highest BCUT2D eigenvalue weighted by Gasteiger charge is 2.31. The number of ketones is 2. The van der Waals surface area contributed by atoms with Crippen LogP contribution < -0.4 is 10.9 Å². The summed E-state index contributed by atoms with van der Waals surface area (Å²) in [6, 6.07) is 19.8. The number of anilines is 2. The molecule has 4 aromatic rings. The van der Waals surface area contributed by atoms with Gasteiger partial charge in [-0.15, -0.1) is 0 Å². The molecule has 16 nitrogen and oxygen atoms in total. The average molecular weight is 769 g/mol. The van der Waals surface area contributed by atoms with Crippen LogP contribution in [0.5, 0.6) is 0 Å². The van der Waals surface area contributed by atoms with Gasteiger partial charge in [0.1, 0.15) is 32.4 Å². The van der Waals surface area contributed by atoms with E-state index in [1.165, 1.54) is 36.4 Å². The summed E-state index contributed by atoms with van der Waals surface area (Å²) < 4.78 is 69.7. The zero-order valence-electron chi connectivity index (χ0n) is 27.2. The second-order valence-corrected chi connectivity index (χ2v) is 14.3. The Labute approximate surface area is 305 Å². The standard InChI is InChI=1S/C36H24N4O12S2/c41-33-27(35(43)44)15-21-5-1-3-7-25(21)31(33)39-37-23-13-11-19(29(17-23)53(47,48)49)9-10-20-12-14-24(18-30(20)54(50,51)52)38-40-32-26-8-4-2-6-22(26)16-28(34(32)42)36(45)46/h1-18,37-38H,(H,43,44)(H,45,46)(H,47,48,49)(H,50,51,52). The third-order valence-corrected chi connectivity index (χ3v) is 9.85. The maximum absolute atomic E-state index is 12.9. The van der Waals surface area contributed by atoms with Gasteiger partial charge in [0.25, 0.3) is 20.2 Å². The first-order chi connectivity index (χ1) is 25.5. The summed E-state index contributed by atoms with van der Waals surface area (Å²) in [7, 11) is -9.87. The van der Waals surface area contributed by atoms with Crippen molar-refractivity contribution in [2.75, 3.05) is 10.9 Å². The Balaban J connectivity index is 1.30. The minimum Gasteiger partial charge on any atom is -0.478 e. The zero-order chi connectivity index (χ0) is 38.9. The molecule has 0 bridgehead atoms. The number of Topliss-reactive ketones (excluding diaryl/α,β-unsaturated/α-hetero) is 2. The smallest absolute Gasteiger partial charge is 0.339 e. The van der Waals surface area contributed by atoms with E-state index in [2.05, 4.69) is 21.1 Å². The fourth-order valence-corrected chi connectivity index (χ4v) is 6.93. The molecule has 2 aliphatic rings. The number of aliphatic carboxylic acids is 2. The van der Waals surface area contributed by atoms with Gasteiger partial charge in [-0.05, 0) is 58.7 Å². The number of carboxylic acid groups (broad SMARTS) is 2. The Morgan fingerprint density at radius 3 is 1.30 bits per heavy atom. The number of carbonyl (C=O) groups excluding carboxylic acids is 2. The number of rotatable bonds is 10. The maximum atomic E-state index is 12.9. The Morgan fingerprint density at radius 1 is 0.574 bits per heavy atom. The van der Waals surface area contributed by atoms with Crippen molar-refractivity contribution >= 4 is 90.8 Å². The van der Waals surface area contributed by atoms with E-state index < -0.39 is 64.7 Å². The van der Waals surface area contributed by atoms with E-state index in [1.807, 2.05) is 0 Å². The van der Waals surface area contributed by atoms with Gasteiger partial charge in [-0.1, -0.05) is 72.8 Å². The predicted octanol–water partition coefficient (Wildman–Crippen LogP) is 4.08. The van der Waals surface area contributed by atoms with Crippen molar-refractivity contribution in [2.24, 2.45) is 10.2 Å². The highest BCUT2D eigenvalue weighted by atomic mass is 32.2. The molecule has 0 atom stereocenters. The van der Waals surface area contributed by atoms with Crippen molar-refractivity contribution in [1.82, 2.24) is 0 Å². The van der Waals surface area contributed by atoms with Crippen molar-refractivity contribution in [3.63, 3.8) is 0 Å². The first kappa shape index (κ1) is 36.9.